The molecule has 0 unspecified atom stereocenters. The van der Waals surface area contributed by atoms with Gasteiger partial charge in [-0.05, 0) is 37.6 Å². The van der Waals surface area contributed by atoms with Crippen LogP contribution in [0.25, 0.3) is 0 Å². The van der Waals surface area contributed by atoms with Crippen molar-refractivity contribution in [3.63, 3.8) is 0 Å². The van der Waals surface area contributed by atoms with E-state index in [0.29, 0.717) is 11.9 Å². The zero-order chi connectivity index (χ0) is 13.7. The highest BCUT2D eigenvalue weighted by Crippen LogP contribution is 2.22. The van der Waals surface area contributed by atoms with Crippen LogP contribution in [0.2, 0.25) is 5.28 Å². The number of aromatic nitrogens is 3. The van der Waals surface area contributed by atoms with Crippen molar-refractivity contribution < 1.29 is 0 Å². The van der Waals surface area contributed by atoms with Crippen LogP contribution in [0.1, 0.15) is 13.8 Å². The van der Waals surface area contributed by atoms with Gasteiger partial charge in [0.25, 0.3) is 0 Å². The summed E-state index contributed by atoms with van der Waals surface area (Å²) in [5, 5.41) is 3.24. The average Bonchev–Trinajstić information content (AvgIpc) is 2.40. The number of hydrogen-bond acceptors (Lipinski definition) is 5. The minimum Gasteiger partial charge on any atom is -0.354 e. The highest BCUT2D eigenvalue weighted by Gasteiger charge is 2.12. The molecular weight excluding hydrogens is 262 g/mol. The number of halogens is 1. The molecule has 19 heavy (non-hydrogen) atoms. The molecule has 0 aliphatic rings. The predicted octanol–water partition coefficient (Wildman–Crippen LogP) is 3.11. The molecule has 1 aromatic carbocycles. The molecule has 1 N–H and O–H groups in total. The van der Waals surface area contributed by atoms with Crippen LogP contribution in [-0.4, -0.2) is 28.0 Å². The van der Waals surface area contributed by atoms with Crippen LogP contribution in [0, 0.1) is 0 Å². The molecule has 0 radical (unpaired) electrons. The number of rotatable bonds is 5. The Morgan fingerprint density at radius 3 is 2.47 bits per heavy atom. The van der Waals surface area contributed by atoms with Gasteiger partial charge in [-0.15, -0.1) is 0 Å². The fourth-order valence-electron chi connectivity index (χ4n) is 1.74. The third kappa shape index (κ3) is 3.32. The van der Waals surface area contributed by atoms with Crippen LogP contribution in [0.3, 0.4) is 0 Å². The molecule has 2 aromatic rings. The second-order valence-corrected chi connectivity index (χ2v) is 4.18. The lowest BCUT2D eigenvalue weighted by Crippen LogP contribution is -2.20. The second kappa shape index (κ2) is 6.33. The lowest BCUT2D eigenvalue weighted by atomic mass is 10.3. The minimum absolute atomic E-state index is 0.190. The molecule has 0 amide bonds. The van der Waals surface area contributed by atoms with Gasteiger partial charge < -0.3 is 10.2 Å². The molecule has 0 aliphatic heterocycles. The van der Waals surface area contributed by atoms with E-state index >= 15 is 0 Å². The largest absolute Gasteiger partial charge is 0.354 e. The van der Waals surface area contributed by atoms with Gasteiger partial charge in [-0.2, -0.15) is 15.0 Å². The summed E-state index contributed by atoms with van der Waals surface area (Å²) in [5.41, 5.74) is 1.02. The van der Waals surface area contributed by atoms with Gasteiger partial charge in [-0.3, -0.25) is 0 Å². The van der Waals surface area contributed by atoms with Crippen molar-refractivity contribution in [2.45, 2.75) is 13.8 Å². The van der Waals surface area contributed by atoms with Crippen LogP contribution in [0.4, 0.5) is 17.6 Å². The van der Waals surface area contributed by atoms with Gasteiger partial charge in [0.05, 0.1) is 0 Å². The third-order valence-electron chi connectivity index (χ3n) is 2.56. The Balaban J connectivity index is 2.38. The monoisotopic (exact) mass is 277 g/mol. The van der Waals surface area contributed by atoms with E-state index in [2.05, 4.69) is 20.3 Å². The minimum atomic E-state index is 0.190. The first-order valence-electron chi connectivity index (χ1n) is 6.22. The summed E-state index contributed by atoms with van der Waals surface area (Å²) >= 11 is 5.95. The standard InChI is InChI=1S/C13H16ClN5/c1-3-15-12-16-11(14)17-13(18-12)19(4-2)10-8-6-5-7-9-10/h5-9H,3-4H2,1-2H3,(H,15,16,17,18). The summed E-state index contributed by atoms with van der Waals surface area (Å²) in [6, 6.07) is 9.95. The topological polar surface area (TPSA) is 53.9 Å². The van der Waals surface area contributed by atoms with Crippen molar-refractivity contribution in [3.05, 3.63) is 35.6 Å². The Kier molecular flexibility index (Phi) is 4.52. The number of hydrogen-bond donors (Lipinski definition) is 1. The van der Waals surface area contributed by atoms with Crippen LogP contribution < -0.4 is 10.2 Å². The summed E-state index contributed by atoms with van der Waals surface area (Å²) in [6.45, 7) is 5.50. The molecule has 100 valence electrons. The lowest BCUT2D eigenvalue weighted by molar-refractivity contribution is 0.917. The quantitative estimate of drug-likeness (QED) is 0.910. The average molecular weight is 278 g/mol. The molecule has 5 nitrogen and oxygen atoms in total. The summed E-state index contributed by atoms with van der Waals surface area (Å²) in [7, 11) is 0. The molecule has 0 saturated heterocycles. The van der Waals surface area contributed by atoms with Crippen molar-refractivity contribution in [1.82, 2.24) is 15.0 Å². The van der Waals surface area contributed by atoms with Gasteiger partial charge in [-0.25, -0.2) is 0 Å². The van der Waals surface area contributed by atoms with E-state index in [1.165, 1.54) is 0 Å². The highest BCUT2D eigenvalue weighted by molar-refractivity contribution is 6.28. The fourth-order valence-corrected chi connectivity index (χ4v) is 1.90. The van der Waals surface area contributed by atoms with Gasteiger partial charge in [-0.1, -0.05) is 18.2 Å². The molecule has 0 spiro atoms. The van der Waals surface area contributed by atoms with Gasteiger partial charge in [0, 0.05) is 18.8 Å². The smallest absolute Gasteiger partial charge is 0.236 e. The Bertz CT molecular complexity index is 532. The van der Waals surface area contributed by atoms with E-state index in [-0.39, 0.29) is 5.28 Å². The molecule has 2 rings (SSSR count). The number of benzene rings is 1. The van der Waals surface area contributed by atoms with Crippen LogP contribution in [0.5, 0.6) is 0 Å². The molecular formula is C13H16ClN5. The lowest BCUT2D eigenvalue weighted by Gasteiger charge is -2.21. The zero-order valence-electron chi connectivity index (χ0n) is 11.0. The number of anilines is 3. The number of nitrogens with zero attached hydrogens (tertiary/aromatic N) is 4. The molecule has 1 aromatic heterocycles. The third-order valence-corrected chi connectivity index (χ3v) is 2.73. The Morgan fingerprint density at radius 2 is 1.84 bits per heavy atom. The van der Waals surface area contributed by atoms with Crippen LogP contribution in [0.15, 0.2) is 30.3 Å². The maximum absolute atomic E-state index is 5.95. The van der Waals surface area contributed by atoms with E-state index in [1.54, 1.807) is 0 Å². The maximum atomic E-state index is 5.95. The number of para-hydroxylation sites is 1. The Hall–Kier alpha value is -1.88. The van der Waals surface area contributed by atoms with E-state index in [9.17, 15) is 0 Å². The molecule has 0 aliphatic carbocycles. The molecule has 0 saturated carbocycles. The zero-order valence-corrected chi connectivity index (χ0v) is 11.7. The number of nitrogens with one attached hydrogen (secondary N) is 1. The van der Waals surface area contributed by atoms with E-state index in [0.717, 1.165) is 18.8 Å². The summed E-state index contributed by atoms with van der Waals surface area (Å²) in [4.78, 5) is 14.6. The molecule has 6 heteroatoms. The first kappa shape index (κ1) is 13.5. The normalized spacial score (nSPS) is 10.3. The van der Waals surface area contributed by atoms with Crippen molar-refractivity contribution in [2.24, 2.45) is 0 Å². The van der Waals surface area contributed by atoms with Gasteiger partial charge >= 0.3 is 0 Å². The summed E-state index contributed by atoms with van der Waals surface area (Å²) < 4.78 is 0. The first-order chi connectivity index (χ1) is 9.24. The highest BCUT2D eigenvalue weighted by atomic mass is 35.5. The predicted molar refractivity (Wildman–Crippen MR) is 78.1 cm³/mol. The van der Waals surface area contributed by atoms with E-state index in [4.69, 9.17) is 11.6 Å². The summed E-state index contributed by atoms with van der Waals surface area (Å²) in [5.74, 6) is 1.04. The van der Waals surface area contributed by atoms with Crippen molar-refractivity contribution in [2.75, 3.05) is 23.3 Å². The second-order valence-electron chi connectivity index (χ2n) is 3.84. The molecule has 1 heterocycles. The molecule has 0 fully saturated rings. The van der Waals surface area contributed by atoms with Crippen molar-refractivity contribution in [1.29, 1.82) is 0 Å². The maximum Gasteiger partial charge on any atom is 0.236 e. The Labute approximate surface area is 117 Å². The molecule has 0 atom stereocenters. The van der Waals surface area contributed by atoms with Crippen LogP contribution in [-0.2, 0) is 0 Å². The van der Waals surface area contributed by atoms with Crippen molar-refractivity contribution >= 4 is 29.2 Å². The Morgan fingerprint density at radius 1 is 1.11 bits per heavy atom. The van der Waals surface area contributed by atoms with Gasteiger partial charge in [0.15, 0.2) is 0 Å². The van der Waals surface area contributed by atoms with Gasteiger partial charge in [0.2, 0.25) is 17.2 Å². The molecule has 0 bridgehead atoms. The SMILES string of the molecule is CCNc1nc(Cl)nc(N(CC)c2ccccc2)n1. The van der Waals surface area contributed by atoms with Gasteiger partial charge in [0.1, 0.15) is 0 Å². The first-order valence-corrected chi connectivity index (χ1v) is 6.60. The van der Waals surface area contributed by atoms with E-state index in [1.807, 2.05) is 49.1 Å². The van der Waals surface area contributed by atoms with Crippen molar-refractivity contribution in [3.8, 4) is 0 Å². The summed E-state index contributed by atoms with van der Waals surface area (Å²) in [6.07, 6.45) is 0. The van der Waals surface area contributed by atoms with Crippen LogP contribution >= 0.6 is 11.6 Å². The fraction of sp³-hybridized carbons (Fsp3) is 0.308. The van der Waals surface area contributed by atoms with E-state index < -0.39 is 0 Å².